The van der Waals surface area contributed by atoms with Crippen molar-refractivity contribution in [2.75, 3.05) is 39.2 Å². The Hall–Kier alpha value is -2.51. The number of carbonyl (C=O) groups is 2. The molecule has 0 saturated heterocycles. The average Bonchev–Trinajstić information content (AvgIpc) is 2.71. The highest BCUT2D eigenvalue weighted by Crippen LogP contribution is 2.23. The van der Waals surface area contributed by atoms with Crippen molar-refractivity contribution in [3.05, 3.63) is 59.7 Å². The Kier molecular flexibility index (Phi) is 9.37. The fraction of sp³-hybridized carbons (Fsp3) is 0.333. The zero-order chi connectivity index (χ0) is 20.2. The van der Waals surface area contributed by atoms with Gasteiger partial charge in [0.05, 0.1) is 17.9 Å². The Balaban J connectivity index is 1.79. The minimum absolute atomic E-state index is 0.114. The summed E-state index contributed by atoms with van der Waals surface area (Å²) in [5, 5.41) is 2.75. The fourth-order valence-electron chi connectivity index (χ4n) is 2.25. The van der Waals surface area contributed by atoms with E-state index in [1.54, 1.807) is 25.3 Å². The Morgan fingerprint density at radius 2 is 1.75 bits per heavy atom. The van der Waals surface area contributed by atoms with E-state index in [4.69, 9.17) is 14.2 Å². The van der Waals surface area contributed by atoms with E-state index in [1.165, 1.54) is 11.8 Å². The van der Waals surface area contributed by atoms with Crippen molar-refractivity contribution in [3.63, 3.8) is 0 Å². The molecule has 150 valence electrons. The molecule has 2 aromatic rings. The van der Waals surface area contributed by atoms with Crippen molar-refractivity contribution >= 4 is 23.6 Å². The number of hydrogen-bond donors (Lipinski definition) is 1. The second kappa shape index (κ2) is 12.0. The van der Waals surface area contributed by atoms with Gasteiger partial charge in [-0.15, -0.1) is 11.8 Å². The van der Waals surface area contributed by atoms with E-state index < -0.39 is 5.97 Å². The number of esters is 1. The number of rotatable bonds is 11. The average molecular weight is 404 g/mol. The smallest absolute Gasteiger partial charge is 0.339 e. The van der Waals surface area contributed by atoms with E-state index in [-0.39, 0.29) is 24.9 Å². The van der Waals surface area contributed by atoms with Crippen LogP contribution in [0.5, 0.6) is 5.75 Å². The Bertz CT molecular complexity index is 764. The number of thioether (sulfide) groups is 1. The van der Waals surface area contributed by atoms with Gasteiger partial charge in [0.15, 0.2) is 0 Å². The predicted molar refractivity (Wildman–Crippen MR) is 109 cm³/mol. The lowest BCUT2D eigenvalue weighted by molar-refractivity contribution is -0.118. The van der Waals surface area contributed by atoms with Crippen LogP contribution in [0.3, 0.4) is 0 Å². The van der Waals surface area contributed by atoms with Gasteiger partial charge in [0.25, 0.3) is 0 Å². The van der Waals surface area contributed by atoms with Gasteiger partial charge >= 0.3 is 5.97 Å². The predicted octanol–water partition coefficient (Wildman–Crippen LogP) is 3.09. The van der Waals surface area contributed by atoms with Crippen LogP contribution in [0.4, 0.5) is 0 Å². The second-order valence-electron chi connectivity index (χ2n) is 5.93. The van der Waals surface area contributed by atoms with Crippen molar-refractivity contribution in [1.29, 1.82) is 0 Å². The van der Waals surface area contributed by atoms with Gasteiger partial charge in [0.2, 0.25) is 5.91 Å². The SMILES string of the molecule is COCCNC(=O)CSc1ccccc1C(=O)OCCOc1ccc(C)cc1. The summed E-state index contributed by atoms with van der Waals surface area (Å²) in [7, 11) is 1.58. The normalized spacial score (nSPS) is 10.4. The van der Waals surface area contributed by atoms with Crippen LogP contribution in [0.1, 0.15) is 15.9 Å². The van der Waals surface area contributed by atoms with E-state index in [0.717, 1.165) is 11.3 Å². The van der Waals surface area contributed by atoms with Crippen LogP contribution >= 0.6 is 11.8 Å². The number of benzene rings is 2. The summed E-state index contributed by atoms with van der Waals surface area (Å²) in [5.41, 5.74) is 1.59. The fourth-order valence-corrected chi connectivity index (χ4v) is 3.12. The highest BCUT2D eigenvalue weighted by molar-refractivity contribution is 8.00. The summed E-state index contributed by atoms with van der Waals surface area (Å²) >= 11 is 1.29. The molecule has 28 heavy (non-hydrogen) atoms. The van der Waals surface area contributed by atoms with Crippen molar-refractivity contribution in [1.82, 2.24) is 5.32 Å². The maximum atomic E-state index is 12.4. The molecule has 6 nitrogen and oxygen atoms in total. The molecule has 1 amide bonds. The van der Waals surface area contributed by atoms with Gasteiger partial charge in [0, 0.05) is 18.6 Å². The molecule has 2 aromatic carbocycles. The third kappa shape index (κ3) is 7.62. The molecule has 7 heteroatoms. The molecular formula is C21H25NO5S. The first-order valence-electron chi connectivity index (χ1n) is 8.94. The third-order valence-corrected chi connectivity index (χ3v) is 4.77. The highest BCUT2D eigenvalue weighted by Gasteiger charge is 2.14. The van der Waals surface area contributed by atoms with Crippen LogP contribution in [0.15, 0.2) is 53.4 Å². The molecule has 0 aliphatic rings. The molecule has 0 atom stereocenters. The number of methoxy groups -OCH3 is 1. The molecule has 0 saturated carbocycles. The van der Waals surface area contributed by atoms with Crippen molar-refractivity contribution in [2.24, 2.45) is 0 Å². The molecule has 0 aliphatic heterocycles. The van der Waals surface area contributed by atoms with Gasteiger partial charge in [0.1, 0.15) is 19.0 Å². The summed E-state index contributed by atoms with van der Waals surface area (Å²) in [5.74, 6) is 0.397. The lowest BCUT2D eigenvalue weighted by atomic mass is 10.2. The molecule has 0 aromatic heterocycles. The number of carbonyl (C=O) groups excluding carboxylic acids is 2. The van der Waals surface area contributed by atoms with E-state index in [0.29, 0.717) is 23.6 Å². The van der Waals surface area contributed by atoms with Gasteiger partial charge in [-0.05, 0) is 31.2 Å². The topological polar surface area (TPSA) is 73.9 Å². The Labute approximate surface area is 169 Å². The van der Waals surface area contributed by atoms with Crippen LogP contribution in [0.2, 0.25) is 0 Å². The lowest BCUT2D eigenvalue weighted by Crippen LogP contribution is -2.28. The largest absolute Gasteiger partial charge is 0.490 e. The Morgan fingerprint density at radius 1 is 1.00 bits per heavy atom. The third-order valence-electron chi connectivity index (χ3n) is 3.70. The first-order valence-corrected chi connectivity index (χ1v) is 9.92. The number of aryl methyl sites for hydroxylation is 1. The van der Waals surface area contributed by atoms with Crippen LogP contribution in [0, 0.1) is 6.92 Å². The lowest BCUT2D eigenvalue weighted by Gasteiger charge is -2.10. The van der Waals surface area contributed by atoms with Gasteiger partial charge in [-0.1, -0.05) is 29.8 Å². The van der Waals surface area contributed by atoms with Gasteiger partial charge in [-0.2, -0.15) is 0 Å². The number of hydrogen-bond acceptors (Lipinski definition) is 6. The van der Waals surface area contributed by atoms with Crippen LogP contribution in [-0.2, 0) is 14.3 Å². The summed E-state index contributed by atoms with van der Waals surface area (Å²) in [6, 6.07) is 14.7. The molecule has 0 heterocycles. The molecular weight excluding hydrogens is 378 g/mol. The van der Waals surface area contributed by atoms with Gasteiger partial charge in [-0.25, -0.2) is 4.79 Å². The van der Waals surface area contributed by atoms with Crippen molar-refractivity contribution in [2.45, 2.75) is 11.8 Å². The highest BCUT2D eigenvalue weighted by atomic mass is 32.2. The zero-order valence-corrected chi connectivity index (χ0v) is 16.9. The molecule has 2 rings (SSSR count). The molecule has 0 unspecified atom stereocenters. The summed E-state index contributed by atoms with van der Waals surface area (Å²) in [4.78, 5) is 24.9. The minimum atomic E-state index is -0.435. The van der Waals surface area contributed by atoms with Crippen LogP contribution in [-0.4, -0.2) is 51.1 Å². The minimum Gasteiger partial charge on any atom is -0.490 e. The van der Waals surface area contributed by atoms with E-state index in [9.17, 15) is 9.59 Å². The van der Waals surface area contributed by atoms with Crippen LogP contribution in [0.25, 0.3) is 0 Å². The second-order valence-corrected chi connectivity index (χ2v) is 6.94. The van der Waals surface area contributed by atoms with Gasteiger partial charge < -0.3 is 19.5 Å². The molecule has 0 bridgehead atoms. The number of ether oxygens (including phenoxy) is 3. The molecule has 0 aliphatic carbocycles. The van der Waals surface area contributed by atoms with Gasteiger partial charge in [-0.3, -0.25) is 4.79 Å². The van der Waals surface area contributed by atoms with Crippen molar-refractivity contribution in [3.8, 4) is 5.75 Å². The van der Waals surface area contributed by atoms with Crippen LogP contribution < -0.4 is 10.1 Å². The maximum absolute atomic E-state index is 12.4. The number of amides is 1. The standard InChI is InChI=1S/C21H25NO5S/c1-16-7-9-17(10-8-16)26-13-14-27-21(24)18-5-3-4-6-19(18)28-15-20(23)22-11-12-25-2/h3-10H,11-15H2,1-2H3,(H,22,23). The number of nitrogens with one attached hydrogen (secondary N) is 1. The molecule has 0 fully saturated rings. The molecule has 0 spiro atoms. The first-order chi connectivity index (χ1) is 13.6. The summed E-state index contributed by atoms with van der Waals surface area (Å²) in [6.07, 6.45) is 0. The monoisotopic (exact) mass is 403 g/mol. The molecule has 0 radical (unpaired) electrons. The van der Waals surface area contributed by atoms with Crippen molar-refractivity contribution < 1.29 is 23.8 Å². The quantitative estimate of drug-likeness (QED) is 0.353. The van der Waals surface area contributed by atoms with E-state index >= 15 is 0 Å². The molecule has 1 N–H and O–H groups in total. The first kappa shape index (κ1) is 21.8. The van der Waals surface area contributed by atoms with E-state index in [2.05, 4.69) is 5.32 Å². The summed E-state index contributed by atoms with van der Waals surface area (Å²) < 4.78 is 15.8. The summed E-state index contributed by atoms with van der Waals surface area (Å²) in [6.45, 7) is 3.34. The maximum Gasteiger partial charge on any atom is 0.339 e. The Morgan fingerprint density at radius 3 is 2.50 bits per heavy atom. The zero-order valence-electron chi connectivity index (χ0n) is 16.1. The van der Waals surface area contributed by atoms with E-state index in [1.807, 2.05) is 37.3 Å².